The zero-order valence-electron chi connectivity index (χ0n) is 16.0. The van der Waals surface area contributed by atoms with Crippen molar-refractivity contribution < 1.29 is 28.0 Å². The van der Waals surface area contributed by atoms with Crippen LogP contribution in [0.25, 0.3) is 0 Å². The van der Waals surface area contributed by atoms with Crippen molar-refractivity contribution in [1.82, 2.24) is 9.55 Å². The number of methoxy groups -OCH3 is 1. The summed E-state index contributed by atoms with van der Waals surface area (Å²) < 4.78 is 34.0. The van der Waals surface area contributed by atoms with Crippen LogP contribution in [-0.2, 0) is 23.1 Å². The predicted octanol–water partition coefficient (Wildman–Crippen LogP) is 0.700. The van der Waals surface area contributed by atoms with Crippen molar-refractivity contribution in [2.45, 2.75) is 51.5 Å². The third kappa shape index (κ3) is 7.27. The summed E-state index contributed by atoms with van der Waals surface area (Å²) in [5.74, 6) is 0. The number of hydrogen-bond donors (Lipinski definition) is 2. The van der Waals surface area contributed by atoms with Crippen molar-refractivity contribution in [1.29, 1.82) is 0 Å². The Kier molecular flexibility index (Phi) is 10.8. The van der Waals surface area contributed by atoms with Gasteiger partial charge in [-0.05, 0) is 13.3 Å². The van der Waals surface area contributed by atoms with E-state index in [0.717, 1.165) is 6.42 Å². The van der Waals surface area contributed by atoms with Gasteiger partial charge in [0.05, 0.1) is 19.3 Å². The molecule has 2 rings (SSSR count). The maximum Gasteiger partial charge on any atom is 0.472 e. The number of nitrogens with zero attached hydrogens (tertiary/aromatic N) is 1. The molecule has 1 aliphatic rings. The largest absolute Gasteiger partial charge is 0.472 e. The van der Waals surface area contributed by atoms with Crippen molar-refractivity contribution in [3.8, 4) is 0 Å². The number of ether oxygens (including phenoxy) is 2. The molecule has 1 fully saturated rings. The van der Waals surface area contributed by atoms with E-state index in [1.807, 2.05) is 6.92 Å². The summed E-state index contributed by atoms with van der Waals surface area (Å²) in [5, 5.41) is 0. The molecule has 27 heavy (non-hydrogen) atoms. The summed E-state index contributed by atoms with van der Waals surface area (Å²) in [6.45, 7) is 3.45. The maximum absolute atomic E-state index is 12.0. The van der Waals surface area contributed by atoms with Gasteiger partial charge in [0.1, 0.15) is 6.10 Å². The fourth-order valence-corrected chi connectivity index (χ4v) is 3.38. The molecule has 0 amide bonds. The van der Waals surface area contributed by atoms with E-state index < -0.39 is 37.5 Å². The first-order chi connectivity index (χ1) is 12.3. The molecule has 1 aromatic rings. The monoisotopic (exact) mass is 431 g/mol. The van der Waals surface area contributed by atoms with Gasteiger partial charge in [-0.25, -0.2) is 9.36 Å². The van der Waals surface area contributed by atoms with Crippen LogP contribution in [0.5, 0.6) is 0 Å². The Labute approximate surface area is 199 Å². The van der Waals surface area contributed by atoms with E-state index in [1.165, 1.54) is 17.9 Å². The normalized spacial score (nSPS) is 24.4. The molecule has 1 radical (unpaired) electrons. The van der Waals surface area contributed by atoms with E-state index >= 15 is 0 Å². The van der Waals surface area contributed by atoms with Crippen LogP contribution in [0.15, 0.2) is 15.8 Å². The van der Waals surface area contributed by atoms with Gasteiger partial charge in [-0.15, -0.1) is 0 Å². The first-order valence-corrected chi connectivity index (χ1v) is 9.89. The standard InChI is InChI=1S/C15H25N2O8P.K/c1-4-5-6-23-26(20,21)24-9-11-7-12(22-3)14(25-11)17-8-10(2)13(18)16-15(17)19;/h8,11-12,14H,4-7,9H2,1-3H3,(H,20,21)(H,16,18,19);/t11-,12-,14-;/m1./s1. The van der Waals surface area contributed by atoms with Crippen LogP contribution in [0.4, 0.5) is 0 Å². The van der Waals surface area contributed by atoms with Crippen molar-refractivity contribution in [3.05, 3.63) is 32.6 Å². The summed E-state index contributed by atoms with van der Waals surface area (Å²) in [7, 11) is -2.68. The van der Waals surface area contributed by atoms with Gasteiger partial charge in [-0.1, -0.05) is 13.3 Å². The van der Waals surface area contributed by atoms with Gasteiger partial charge >= 0.3 is 13.5 Å². The Morgan fingerprint density at radius 3 is 2.74 bits per heavy atom. The zero-order valence-corrected chi connectivity index (χ0v) is 20.1. The first kappa shape index (κ1) is 25.4. The minimum Gasteiger partial charge on any atom is -0.377 e. The van der Waals surface area contributed by atoms with Crippen molar-refractivity contribution in [2.24, 2.45) is 0 Å². The summed E-state index contributed by atoms with van der Waals surface area (Å²) in [6, 6.07) is 0. The summed E-state index contributed by atoms with van der Waals surface area (Å²) >= 11 is 0. The van der Waals surface area contributed by atoms with Crippen LogP contribution in [0.3, 0.4) is 0 Å². The minimum absolute atomic E-state index is 0. The maximum atomic E-state index is 12.0. The Morgan fingerprint density at radius 2 is 2.11 bits per heavy atom. The third-order valence-corrected chi connectivity index (χ3v) is 5.03. The Hall–Kier alpha value is 0.346. The van der Waals surface area contributed by atoms with Gasteiger partial charge in [-0.3, -0.25) is 23.4 Å². The second-order valence-corrected chi connectivity index (χ2v) is 7.54. The fraction of sp³-hybridized carbons (Fsp3) is 0.733. The number of hydrogen-bond acceptors (Lipinski definition) is 7. The predicted molar refractivity (Wildman–Crippen MR) is 97.8 cm³/mol. The van der Waals surface area contributed by atoms with E-state index in [2.05, 4.69) is 4.98 Å². The number of nitrogens with one attached hydrogen (secondary N) is 1. The topological polar surface area (TPSA) is 129 Å². The molecule has 1 aliphatic heterocycles. The SMILES string of the molecule is CCCCOP(=O)(O)OC[C@H]1C[C@@H](OC)[C@H](n2cc(C)c(=O)[nH]c2=O)O1.[K]. The molecule has 149 valence electrons. The van der Waals surface area contributed by atoms with Gasteiger partial charge in [0.2, 0.25) is 0 Å². The molecule has 4 atom stereocenters. The quantitative estimate of drug-likeness (QED) is 0.332. The van der Waals surface area contributed by atoms with Crippen LogP contribution in [-0.4, -0.2) is 98.4 Å². The van der Waals surface area contributed by atoms with Gasteiger partial charge in [0.25, 0.3) is 5.56 Å². The van der Waals surface area contributed by atoms with Gasteiger partial charge in [-0.2, -0.15) is 0 Å². The molecule has 1 unspecified atom stereocenters. The number of phosphoric ester groups is 1. The summed E-state index contributed by atoms with van der Waals surface area (Å²) in [4.78, 5) is 35.4. The average molecular weight is 431 g/mol. The summed E-state index contributed by atoms with van der Waals surface area (Å²) in [6.07, 6.45) is 1.39. The first-order valence-electron chi connectivity index (χ1n) is 8.39. The Morgan fingerprint density at radius 1 is 1.41 bits per heavy atom. The molecular formula is C15H25KN2O8P. The third-order valence-electron chi connectivity index (χ3n) is 4.04. The smallest absolute Gasteiger partial charge is 0.377 e. The molecule has 0 bridgehead atoms. The number of aryl methyl sites for hydroxylation is 1. The molecule has 0 aliphatic carbocycles. The zero-order chi connectivity index (χ0) is 19.3. The number of unbranched alkanes of at least 4 members (excludes halogenated alkanes) is 1. The van der Waals surface area contributed by atoms with Gasteiger partial charge in [0, 0.05) is 76.7 Å². The van der Waals surface area contributed by atoms with E-state index in [4.69, 9.17) is 18.5 Å². The molecular weight excluding hydrogens is 406 g/mol. The van der Waals surface area contributed by atoms with E-state index in [9.17, 15) is 19.0 Å². The molecule has 2 N–H and O–H groups in total. The second kappa shape index (κ2) is 11.5. The van der Waals surface area contributed by atoms with E-state index in [1.54, 1.807) is 6.92 Å². The van der Waals surface area contributed by atoms with Crippen LogP contribution in [0, 0.1) is 6.92 Å². The van der Waals surface area contributed by atoms with E-state index in [-0.39, 0.29) is 64.6 Å². The molecule has 1 aromatic heterocycles. The minimum atomic E-state index is -4.16. The molecule has 2 heterocycles. The fourth-order valence-electron chi connectivity index (χ4n) is 2.59. The molecule has 0 saturated carbocycles. The number of aromatic amines is 1. The van der Waals surface area contributed by atoms with E-state index in [0.29, 0.717) is 18.4 Å². The van der Waals surface area contributed by atoms with Gasteiger partial charge in [0.15, 0.2) is 6.23 Å². The Balaban J connectivity index is 0.00000364. The van der Waals surface area contributed by atoms with Crippen LogP contribution in [0.1, 0.15) is 38.0 Å². The number of H-pyrrole nitrogens is 1. The molecule has 0 aromatic carbocycles. The van der Waals surface area contributed by atoms with Crippen LogP contribution < -0.4 is 11.2 Å². The molecule has 0 spiro atoms. The average Bonchev–Trinajstić information content (AvgIpc) is 3.00. The summed E-state index contributed by atoms with van der Waals surface area (Å²) in [5.41, 5.74) is -0.736. The van der Waals surface area contributed by atoms with Crippen LogP contribution >= 0.6 is 7.82 Å². The van der Waals surface area contributed by atoms with Crippen molar-refractivity contribution in [2.75, 3.05) is 20.3 Å². The molecule has 10 nitrogen and oxygen atoms in total. The molecule has 12 heteroatoms. The molecule has 1 saturated heterocycles. The second-order valence-electron chi connectivity index (χ2n) is 6.09. The van der Waals surface area contributed by atoms with Crippen LogP contribution in [0.2, 0.25) is 0 Å². The Bertz CT molecular complexity index is 767. The number of aromatic nitrogens is 2. The number of phosphoric acid groups is 1. The number of rotatable bonds is 9. The van der Waals surface area contributed by atoms with Gasteiger partial charge < -0.3 is 14.4 Å². The van der Waals surface area contributed by atoms with Crippen molar-refractivity contribution >= 4 is 59.2 Å². The van der Waals surface area contributed by atoms with Crippen molar-refractivity contribution in [3.63, 3.8) is 0 Å².